The molecule has 2 rings (SSSR count). The van der Waals surface area contributed by atoms with Crippen LogP contribution in [0.3, 0.4) is 0 Å². The van der Waals surface area contributed by atoms with Crippen molar-refractivity contribution in [3.8, 4) is 0 Å². The number of hydrogen-bond acceptors (Lipinski definition) is 4. The van der Waals surface area contributed by atoms with Crippen molar-refractivity contribution in [3.05, 3.63) is 24.3 Å². The Labute approximate surface area is 93.9 Å². The molecule has 0 amide bonds. The van der Waals surface area contributed by atoms with E-state index in [0.717, 1.165) is 18.9 Å². The van der Waals surface area contributed by atoms with Gasteiger partial charge in [-0.05, 0) is 37.8 Å². The minimum Gasteiger partial charge on any atom is -0.367 e. The maximum Gasteiger partial charge on any atom is 0.147 e. The maximum absolute atomic E-state index is 4.40. The zero-order chi connectivity index (χ0) is 10.7. The van der Waals surface area contributed by atoms with Crippen LogP contribution in [0.15, 0.2) is 24.3 Å². The van der Waals surface area contributed by atoms with Gasteiger partial charge in [0.15, 0.2) is 0 Å². The van der Waals surface area contributed by atoms with Crippen LogP contribution in [0.4, 0.5) is 5.82 Å². The van der Waals surface area contributed by atoms with Crippen LogP contribution in [0.1, 0.15) is 0 Å². The first-order chi connectivity index (χ1) is 7.27. The number of nitrogens with zero attached hydrogens (tertiary/aromatic N) is 2. The summed E-state index contributed by atoms with van der Waals surface area (Å²) in [6.07, 6.45) is 0. The second-order valence-electron chi connectivity index (χ2n) is 3.76. The first-order valence-electron chi connectivity index (χ1n) is 5.00. The molecule has 0 fully saturated rings. The number of likely N-dealkylation sites (N-methyl/N-ethyl adjacent to an activating group) is 1. The van der Waals surface area contributed by atoms with Gasteiger partial charge in [-0.1, -0.05) is 12.1 Å². The molecule has 1 heterocycles. The normalized spacial score (nSPS) is 11.1. The molecular formula is C11H15N3S. The quantitative estimate of drug-likeness (QED) is 0.858. The Morgan fingerprint density at radius 1 is 1.33 bits per heavy atom. The van der Waals surface area contributed by atoms with E-state index in [1.54, 1.807) is 11.5 Å². The van der Waals surface area contributed by atoms with Crippen LogP contribution in [-0.2, 0) is 0 Å². The van der Waals surface area contributed by atoms with Crippen molar-refractivity contribution in [2.24, 2.45) is 0 Å². The van der Waals surface area contributed by atoms with Gasteiger partial charge in [0.2, 0.25) is 0 Å². The molecule has 0 atom stereocenters. The number of benzene rings is 1. The number of nitrogens with one attached hydrogen (secondary N) is 1. The summed E-state index contributed by atoms with van der Waals surface area (Å²) in [5.41, 5.74) is 0. The van der Waals surface area contributed by atoms with Crippen LogP contribution in [0.2, 0.25) is 0 Å². The monoisotopic (exact) mass is 221 g/mol. The van der Waals surface area contributed by atoms with E-state index in [4.69, 9.17) is 0 Å². The average molecular weight is 221 g/mol. The summed E-state index contributed by atoms with van der Waals surface area (Å²) in [7, 11) is 4.14. The van der Waals surface area contributed by atoms with Crippen molar-refractivity contribution in [1.82, 2.24) is 9.27 Å². The Kier molecular flexibility index (Phi) is 3.18. The Balaban J connectivity index is 2.08. The molecule has 0 aliphatic heterocycles. The number of anilines is 1. The maximum atomic E-state index is 4.40. The van der Waals surface area contributed by atoms with Gasteiger partial charge in [0.1, 0.15) is 5.82 Å². The van der Waals surface area contributed by atoms with Crippen molar-refractivity contribution in [1.29, 1.82) is 0 Å². The van der Waals surface area contributed by atoms with E-state index < -0.39 is 0 Å². The number of rotatable bonds is 4. The van der Waals surface area contributed by atoms with Gasteiger partial charge in [0.05, 0.1) is 4.70 Å². The molecule has 0 aliphatic carbocycles. The van der Waals surface area contributed by atoms with E-state index in [0.29, 0.717) is 0 Å². The lowest BCUT2D eigenvalue weighted by atomic mass is 10.2. The Hall–Kier alpha value is -1.13. The zero-order valence-corrected chi connectivity index (χ0v) is 9.84. The molecule has 80 valence electrons. The number of hydrogen-bond donors (Lipinski definition) is 1. The van der Waals surface area contributed by atoms with Crippen LogP contribution in [0, 0.1) is 0 Å². The van der Waals surface area contributed by atoms with Crippen LogP contribution in [0.25, 0.3) is 10.1 Å². The van der Waals surface area contributed by atoms with Crippen molar-refractivity contribution in [2.75, 3.05) is 32.5 Å². The SMILES string of the molecule is CN(C)CCNc1nsc2ccccc12. The molecule has 1 N–H and O–H groups in total. The van der Waals surface area contributed by atoms with Gasteiger partial charge >= 0.3 is 0 Å². The third-order valence-corrected chi connectivity index (χ3v) is 3.06. The second-order valence-corrected chi connectivity index (χ2v) is 4.56. The topological polar surface area (TPSA) is 28.2 Å². The number of fused-ring (bicyclic) bond motifs is 1. The largest absolute Gasteiger partial charge is 0.367 e. The first kappa shape index (κ1) is 10.4. The summed E-state index contributed by atoms with van der Waals surface area (Å²) in [5.74, 6) is 1.01. The first-order valence-corrected chi connectivity index (χ1v) is 5.78. The fourth-order valence-corrected chi connectivity index (χ4v) is 2.17. The van der Waals surface area contributed by atoms with Gasteiger partial charge in [-0.25, -0.2) is 0 Å². The smallest absolute Gasteiger partial charge is 0.147 e. The van der Waals surface area contributed by atoms with Crippen molar-refractivity contribution in [2.45, 2.75) is 0 Å². The molecule has 0 unspecified atom stereocenters. The van der Waals surface area contributed by atoms with Crippen molar-refractivity contribution >= 4 is 27.4 Å². The molecule has 0 saturated heterocycles. The second kappa shape index (κ2) is 4.59. The molecule has 0 spiro atoms. The molecule has 1 aromatic heterocycles. The molecule has 4 heteroatoms. The molecule has 0 bridgehead atoms. The zero-order valence-electron chi connectivity index (χ0n) is 9.03. The highest BCUT2D eigenvalue weighted by Crippen LogP contribution is 2.25. The molecule has 0 aliphatic rings. The van der Waals surface area contributed by atoms with Crippen LogP contribution in [-0.4, -0.2) is 36.5 Å². The molecule has 3 nitrogen and oxygen atoms in total. The van der Waals surface area contributed by atoms with Crippen molar-refractivity contribution < 1.29 is 0 Å². The van der Waals surface area contributed by atoms with Crippen molar-refractivity contribution in [3.63, 3.8) is 0 Å². The molecule has 1 aromatic carbocycles. The summed E-state index contributed by atoms with van der Waals surface area (Å²) in [5, 5.41) is 4.58. The minimum atomic E-state index is 0.931. The number of aromatic nitrogens is 1. The van der Waals surface area contributed by atoms with Crippen LogP contribution in [0.5, 0.6) is 0 Å². The Bertz CT molecular complexity index is 436. The molecule has 0 saturated carbocycles. The fraction of sp³-hybridized carbons (Fsp3) is 0.364. The Morgan fingerprint density at radius 2 is 2.13 bits per heavy atom. The van der Waals surface area contributed by atoms with E-state index in [1.165, 1.54) is 10.1 Å². The Morgan fingerprint density at radius 3 is 2.93 bits per heavy atom. The van der Waals surface area contributed by atoms with Gasteiger partial charge in [0.25, 0.3) is 0 Å². The summed E-state index contributed by atoms with van der Waals surface area (Å²) in [4.78, 5) is 2.15. The summed E-state index contributed by atoms with van der Waals surface area (Å²) in [6.45, 7) is 1.95. The molecule has 15 heavy (non-hydrogen) atoms. The van der Waals surface area contributed by atoms with Crippen LogP contribution < -0.4 is 5.32 Å². The highest BCUT2D eigenvalue weighted by molar-refractivity contribution is 7.13. The van der Waals surface area contributed by atoms with E-state index in [1.807, 2.05) is 12.1 Å². The van der Waals surface area contributed by atoms with Gasteiger partial charge < -0.3 is 10.2 Å². The van der Waals surface area contributed by atoms with Crippen LogP contribution >= 0.6 is 11.5 Å². The minimum absolute atomic E-state index is 0.931. The summed E-state index contributed by atoms with van der Waals surface area (Å²) < 4.78 is 5.64. The van der Waals surface area contributed by atoms with Gasteiger partial charge in [-0.2, -0.15) is 4.37 Å². The molecule has 2 aromatic rings. The summed E-state index contributed by atoms with van der Waals surface area (Å²) >= 11 is 1.55. The standard InChI is InChI=1S/C11H15N3S/c1-14(2)8-7-12-11-9-5-3-4-6-10(9)15-13-11/h3-6H,7-8H2,1-2H3,(H,12,13). The van der Waals surface area contributed by atoms with Gasteiger partial charge in [-0.15, -0.1) is 0 Å². The third kappa shape index (κ3) is 2.46. The van der Waals surface area contributed by atoms with E-state index in [2.05, 4.69) is 40.8 Å². The molecule has 0 radical (unpaired) electrons. The van der Waals surface area contributed by atoms with E-state index in [9.17, 15) is 0 Å². The highest BCUT2D eigenvalue weighted by Gasteiger charge is 2.03. The predicted molar refractivity (Wildman–Crippen MR) is 66.7 cm³/mol. The lowest BCUT2D eigenvalue weighted by molar-refractivity contribution is 0.425. The lowest BCUT2D eigenvalue weighted by Crippen LogP contribution is -2.20. The van der Waals surface area contributed by atoms with Gasteiger partial charge in [0, 0.05) is 18.5 Å². The lowest BCUT2D eigenvalue weighted by Gasteiger charge is -2.09. The molecular weight excluding hydrogens is 206 g/mol. The average Bonchev–Trinajstić information content (AvgIpc) is 2.62. The summed E-state index contributed by atoms with van der Waals surface area (Å²) in [6, 6.07) is 8.30. The third-order valence-electron chi connectivity index (χ3n) is 2.23. The highest BCUT2D eigenvalue weighted by atomic mass is 32.1. The van der Waals surface area contributed by atoms with E-state index in [-0.39, 0.29) is 0 Å². The van der Waals surface area contributed by atoms with Gasteiger partial charge in [-0.3, -0.25) is 0 Å². The predicted octanol–water partition coefficient (Wildman–Crippen LogP) is 2.27. The van der Waals surface area contributed by atoms with E-state index >= 15 is 0 Å². The fourth-order valence-electron chi connectivity index (χ4n) is 1.41.